The summed E-state index contributed by atoms with van der Waals surface area (Å²) in [5, 5.41) is 14.1. The number of H-pyrrole nitrogens is 1. The fourth-order valence-electron chi connectivity index (χ4n) is 2.05. The topological polar surface area (TPSA) is 54.5 Å². The molecule has 1 N–H and O–H groups in total. The number of nitrogens with one attached hydrogen (secondary N) is 1. The summed E-state index contributed by atoms with van der Waals surface area (Å²) in [7, 11) is 0. The Kier molecular flexibility index (Phi) is 4.90. The molecule has 0 aliphatic heterocycles. The molecule has 4 heteroatoms. The smallest absolute Gasteiger partial charge is 0.174 e. The van der Waals surface area contributed by atoms with Gasteiger partial charge in [0.15, 0.2) is 5.82 Å². The highest BCUT2D eigenvalue weighted by atomic mass is 15.5. The van der Waals surface area contributed by atoms with E-state index in [0.717, 1.165) is 24.6 Å². The van der Waals surface area contributed by atoms with E-state index in [1.807, 2.05) is 0 Å². The summed E-state index contributed by atoms with van der Waals surface area (Å²) in [6, 6.07) is 0. The molecule has 0 saturated carbocycles. The van der Waals surface area contributed by atoms with E-state index in [-0.39, 0.29) is 0 Å². The third kappa shape index (κ3) is 4.29. The van der Waals surface area contributed by atoms with Crippen LogP contribution in [0, 0.1) is 11.3 Å². The predicted molar refractivity (Wildman–Crippen MR) is 65.0 cm³/mol. The molecule has 0 aliphatic rings. The number of aromatic amines is 1. The first-order valence-electron chi connectivity index (χ1n) is 6.26. The third-order valence-corrected chi connectivity index (χ3v) is 3.24. The third-order valence-electron chi connectivity index (χ3n) is 3.24. The average Bonchev–Trinajstić information content (AvgIpc) is 2.68. The number of hydrogen-bond acceptors (Lipinski definition) is 3. The van der Waals surface area contributed by atoms with E-state index in [0.29, 0.717) is 5.41 Å². The van der Waals surface area contributed by atoms with Gasteiger partial charge in [0.2, 0.25) is 0 Å². The van der Waals surface area contributed by atoms with Crippen molar-refractivity contribution in [3.8, 4) is 0 Å². The predicted octanol–water partition coefficient (Wildman–Crippen LogP) is 2.98. The highest BCUT2D eigenvalue weighted by molar-refractivity contribution is 4.81. The average molecular weight is 224 g/mol. The van der Waals surface area contributed by atoms with E-state index >= 15 is 0 Å². The van der Waals surface area contributed by atoms with Crippen molar-refractivity contribution in [3.05, 3.63) is 5.82 Å². The lowest BCUT2D eigenvalue weighted by Gasteiger charge is -2.30. The number of tetrazole rings is 1. The maximum atomic E-state index is 4.00. The van der Waals surface area contributed by atoms with Gasteiger partial charge in [0, 0.05) is 6.42 Å². The quantitative estimate of drug-likeness (QED) is 0.808. The molecule has 0 fully saturated rings. The van der Waals surface area contributed by atoms with E-state index in [1.54, 1.807) is 0 Å². The summed E-state index contributed by atoms with van der Waals surface area (Å²) in [6.07, 6.45) is 5.98. The Balaban J connectivity index is 2.44. The van der Waals surface area contributed by atoms with Gasteiger partial charge in [-0.1, -0.05) is 45.7 Å². The summed E-state index contributed by atoms with van der Waals surface area (Å²) >= 11 is 0. The van der Waals surface area contributed by atoms with Crippen LogP contribution in [0.4, 0.5) is 0 Å². The number of aryl methyl sites for hydroxylation is 1. The van der Waals surface area contributed by atoms with Crippen molar-refractivity contribution in [3.63, 3.8) is 0 Å². The van der Waals surface area contributed by atoms with Gasteiger partial charge in [-0.15, -0.1) is 10.2 Å². The SMILES string of the molecule is CCCC[C@@H](CCc1nn[nH]n1)C(C)(C)C. The van der Waals surface area contributed by atoms with Crippen LogP contribution in [0.1, 0.15) is 59.2 Å². The van der Waals surface area contributed by atoms with Crippen molar-refractivity contribution in [1.29, 1.82) is 0 Å². The standard InChI is InChI=1S/C12H24N4/c1-5-6-7-10(12(2,3)4)8-9-11-13-15-16-14-11/h10H,5-9H2,1-4H3,(H,13,14,15,16)/t10-/m0/s1. The Bertz CT molecular complexity index is 274. The fraction of sp³-hybridized carbons (Fsp3) is 0.917. The maximum Gasteiger partial charge on any atom is 0.174 e. The Labute approximate surface area is 98.2 Å². The molecular weight excluding hydrogens is 200 g/mol. The van der Waals surface area contributed by atoms with Gasteiger partial charge in [-0.25, -0.2) is 0 Å². The van der Waals surface area contributed by atoms with Crippen molar-refractivity contribution in [1.82, 2.24) is 20.6 Å². The van der Waals surface area contributed by atoms with E-state index in [4.69, 9.17) is 0 Å². The van der Waals surface area contributed by atoms with Crippen LogP contribution in [-0.2, 0) is 6.42 Å². The van der Waals surface area contributed by atoms with Gasteiger partial charge in [0.05, 0.1) is 0 Å². The molecule has 0 aromatic carbocycles. The first kappa shape index (κ1) is 13.1. The molecule has 0 unspecified atom stereocenters. The monoisotopic (exact) mass is 224 g/mol. The van der Waals surface area contributed by atoms with Gasteiger partial charge in [-0.3, -0.25) is 0 Å². The molecule has 0 aliphatic carbocycles. The highest BCUT2D eigenvalue weighted by Gasteiger charge is 2.24. The zero-order valence-corrected chi connectivity index (χ0v) is 11.0. The largest absolute Gasteiger partial charge is 0.177 e. The van der Waals surface area contributed by atoms with Gasteiger partial charge in [0.25, 0.3) is 0 Å². The van der Waals surface area contributed by atoms with Gasteiger partial charge < -0.3 is 0 Å². The number of unbranched alkanes of at least 4 members (excludes halogenated alkanes) is 1. The van der Waals surface area contributed by atoms with Crippen LogP contribution >= 0.6 is 0 Å². The minimum atomic E-state index is 0.374. The lowest BCUT2D eigenvalue weighted by molar-refractivity contribution is 0.207. The first-order valence-corrected chi connectivity index (χ1v) is 6.26. The lowest BCUT2D eigenvalue weighted by atomic mass is 9.75. The molecule has 1 heterocycles. The van der Waals surface area contributed by atoms with Crippen molar-refractivity contribution >= 4 is 0 Å². The Hall–Kier alpha value is -0.930. The van der Waals surface area contributed by atoms with Gasteiger partial charge >= 0.3 is 0 Å². The minimum Gasteiger partial charge on any atom is -0.177 e. The molecule has 1 aromatic rings. The van der Waals surface area contributed by atoms with Crippen molar-refractivity contribution in [2.24, 2.45) is 11.3 Å². The van der Waals surface area contributed by atoms with Crippen LogP contribution in [0.15, 0.2) is 0 Å². The van der Waals surface area contributed by atoms with Crippen LogP contribution in [0.5, 0.6) is 0 Å². The number of nitrogens with zero attached hydrogens (tertiary/aromatic N) is 3. The van der Waals surface area contributed by atoms with E-state index < -0.39 is 0 Å². The zero-order valence-electron chi connectivity index (χ0n) is 11.0. The lowest BCUT2D eigenvalue weighted by Crippen LogP contribution is -2.21. The zero-order chi connectivity index (χ0) is 12.0. The minimum absolute atomic E-state index is 0.374. The molecule has 0 amide bonds. The first-order chi connectivity index (χ1) is 7.54. The number of aromatic nitrogens is 4. The van der Waals surface area contributed by atoms with Crippen molar-refractivity contribution < 1.29 is 0 Å². The van der Waals surface area contributed by atoms with Crippen LogP contribution in [0.3, 0.4) is 0 Å². The second kappa shape index (κ2) is 5.97. The van der Waals surface area contributed by atoms with E-state index in [1.165, 1.54) is 19.3 Å². The van der Waals surface area contributed by atoms with E-state index in [9.17, 15) is 0 Å². The second-order valence-electron chi connectivity index (χ2n) is 5.57. The molecule has 0 radical (unpaired) electrons. The molecule has 1 rings (SSSR count). The summed E-state index contributed by atoms with van der Waals surface area (Å²) in [5.74, 6) is 1.58. The molecule has 16 heavy (non-hydrogen) atoms. The highest BCUT2D eigenvalue weighted by Crippen LogP contribution is 2.33. The molecule has 0 spiro atoms. The molecule has 4 nitrogen and oxygen atoms in total. The molecule has 1 aromatic heterocycles. The Morgan fingerprint density at radius 2 is 2.00 bits per heavy atom. The van der Waals surface area contributed by atoms with Gasteiger partial charge in [0.1, 0.15) is 0 Å². The Morgan fingerprint density at radius 1 is 1.25 bits per heavy atom. The number of hydrogen-bond donors (Lipinski definition) is 1. The summed E-state index contributed by atoms with van der Waals surface area (Å²) in [5.41, 5.74) is 0.374. The molecule has 92 valence electrons. The van der Waals surface area contributed by atoms with Crippen LogP contribution in [0.25, 0.3) is 0 Å². The summed E-state index contributed by atoms with van der Waals surface area (Å²) < 4.78 is 0. The van der Waals surface area contributed by atoms with E-state index in [2.05, 4.69) is 48.3 Å². The Morgan fingerprint density at radius 3 is 2.50 bits per heavy atom. The second-order valence-corrected chi connectivity index (χ2v) is 5.57. The summed E-state index contributed by atoms with van der Waals surface area (Å²) in [4.78, 5) is 0. The normalized spacial score (nSPS) is 14.0. The molecule has 1 atom stereocenters. The van der Waals surface area contributed by atoms with Gasteiger partial charge in [-0.05, 0) is 24.2 Å². The van der Waals surface area contributed by atoms with Gasteiger partial charge in [-0.2, -0.15) is 5.21 Å². The molecule has 0 bridgehead atoms. The number of rotatable bonds is 6. The van der Waals surface area contributed by atoms with Crippen LogP contribution in [0.2, 0.25) is 0 Å². The van der Waals surface area contributed by atoms with Crippen LogP contribution < -0.4 is 0 Å². The molecule has 0 saturated heterocycles. The molecular formula is C12H24N4. The maximum absolute atomic E-state index is 4.00. The van der Waals surface area contributed by atoms with Crippen molar-refractivity contribution in [2.75, 3.05) is 0 Å². The van der Waals surface area contributed by atoms with Crippen LogP contribution in [-0.4, -0.2) is 20.6 Å². The summed E-state index contributed by atoms with van der Waals surface area (Å²) in [6.45, 7) is 9.22. The fourth-order valence-corrected chi connectivity index (χ4v) is 2.05. The van der Waals surface area contributed by atoms with Crippen molar-refractivity contribution in [2.45, 2.75) is 59.8 Å².